The Balaban J connectivity index is 1.69. The number of fused-ring (bicyclic) bond motifs is 1. The van der Waals surface area contributed by atoms with E-state index in [4.69, 9.17) is 4.74 Å². The van der Waals surface area contributed by atoms with Crippen LogP contribution in [0.2, 0.25) is 0 Å². The van der Waals surface area contributed by atoms with Crippen molar-refractivity contribution in [1.29, 1.82) is 5.26 Å². The molecular formula is C24H23F3N8O3. The van der Waals surface area contributed by atoms with E-state index in [0.717, 1.165) is 18.3 Å². The van der Waals surface area contributed by atoms with E-state index in [9.17, 15) is 23.6 Å². The van der Waals surface area contributed by atoms with E-state index < -0.39 is 35.5 Å². The molecule has 0 saturated carbocycles. The van der Waals surface area contributed by atoms with Crippen molar-refractivity contribution in [2.24, 2.45) is 4.99 Å². The Labute approximate surface area is 214 Å². The summed E-state index contributed by atoms with van der Waals surface area (Å²) in [6, 6.07) is 6.86. The minimum absolute atomic E-state index is 0.0160. The van der Waals surface area contributed by atoms with Crippen molar-refractivity contribution in [3.63, 3.8) is 0 Å². The van der Waals surface area contributed by atoms with Gasteiger partial charge in [-0.05, 0) is 52.0 Å². The summed E-state index contributed by atoms with van der Waals surface area (Å²) < 4.78 is 47.9. The van der Waals surface area contributed by atoms with E-state index in [0.29, 0.717) is 4.68 Å². The highest BCUT2D eigenvalue weighted by Gasteiger charge is 2.38. The maximum Gasteiger partial charge on any atom is 0.413 e. The summed E-state index contributed by atoms with van der Waals surface area (Å²) in [6.07, 6.45) is 1.44. The number of anilines is 1. The first-order valence-electron chi connectivity index (χ1n) is 11.3. The molecule has 2 amide bonds. The van der Waals surface area contributed by atoms with Gasteiger partial charge in [0.2, 0.25) is 0 Å². The number of aliphatic imine (C=N–C) groups is 1. The highest BCUT2D eigenvalue weighted by molar-refractivity contribution is 6.05. The summed E-state index contributed by atoms with van der Waals surface area (Å²) in [5.74, 6) is -1.31. The molecule has 1 aromatic carbocycles. The predicted molar refractivity (Wildman–Crippen MR) is 128 cm³/mol. The molecule has 0 bridgehead atoms. The number of carbonyl (C=O) groups is 2. The lowest BCUT2D eigenvalue weighted by Crippen LogP contribution is -2.44. The van der Waals surface area contributed by atoms with Crippen LogP contribution in [0.1, 0.15) is 61.8 Å². The lowest BCUT2D eigenvalue weighted by atomic mass is 9.90. The summed E-state index contributed by atoms with van der Waals surface area (Å²) in [6.45, 7) is 3.71. The molecule has 2 aromatic heterocycles. The van der Waals surface area contributed by atoms with Crippen molar-refractivity contribution in [2.75, 3.05) is 5.32 Å². The Bertz CT molecular complexity index is 1480. The first-order valence-corrected chi connectivity index (χ1v) is 11.3. The molecule has 198 valence electrons. The van der Waals surface area contributed by atoms with Gasteiger partial charge >= 0.3 is 12.6 Å². The zero-order valence-corrected chi connectivity index (χ0v) is 20.8. The minimum Gasteiger partial charge on any atom is -0.444 e. The number of nitrogens with zero attached hydrogens (tertiary/aromatic N) is 6. The number of nitriles is 1. The molecule has 0 aliphatic carbocycles. The molecule has 0 saturated heterocycles. The number of aromatic nitrogens is 4. The van der Waals surface area contributed by atoms with Crippen LogP contribution in [-0.2, 0) is 16.8 Å². The number of alkyl halides is 2. The molecule has 14 heteroatoms. The molecule has 3 aromatic rings. The third-order valence-electron chi connectivity index (χ3n) is 5.47. The summed E-state index contributed by atoms with van der Waals surface area (Å²) in [4.78, 5) is 33.8. The van der Waals surface area contributed by atoms with E-state index >= 15 is 4.39 Å². The van der Waals surface area contributed by atoms with Crippen LogP contribution in [0.3, 0.4) is 0 Å². The van der Waals surface area contributed by atoms with Crippen LogP contribution < -0.4 is 10.6 Å². The first kappa shape index (κ1) is 26.4. The van der Waals surface area contributed by atoms with E-state index in [2.05, 4.69) is 25.7 Å². The molecule has 0 radical (unpaired) electrons. The zero-order valence-electron chi connectivity index (χ0n) is 20.8. The number of hydrogen-bond donors (Lipinski definition) is 2. The van der Waals surface area contributed by atoms with Crippen molar-refractivity contribution >= 4 is 23.5 Å². The molecule has 11 nitrogen and oxygen atoms in total. The number of halogens is 3. The Hall–Kier alpha value is -4.67. The van der Waals surface area contributed by atoms with Gasteiger partial charge in [-0.1, -0.05) is 0 Å². The lowest BCUT2D eigenvalue weighted by Gasteiger charge is -2.33. The van der Waals surface area contributed by atoms with E-state index in [1.54, 1.807) is 27.7 Å². The monoisotopic (exact) mass is 528 g/mol. The number of amidine groups is 1. The van der Waals surface area contributed by atoms with Crippen LogP contribution in [0.25, 0.3) is 0 Å². The number of rotatable bonds is 4. The largest absolute Gasteiger partial charge is 0.444 e. The van der Waals surface area contributed by atoms with Gasteiger partial charge in [-0.15, -0.1) is 0 Å². The predicted octanol–water partition coefficient (Wildman–Crippen LogP) is 3.94. The number of imidazole rings is 1. The van der Waals surface area contributed by atoms with Crippen molar-refractivity contribution in [1.82, 2.24) is 24.6 Å². The molecular weight excluding hydrogens is 505 g/mol. The number of carbonyl (C=O) groups excluding carboxylic acids is 2. The molecule has 1 aliphatic heterocycles. The maximum absolute atomic E-state index is 15.2. The Morgan fingerprint density at radius 1 is 1.24 bits per heavy atom. The van der Waals surface area contributed by atoms with Crippen molar-refractivity contribution in [3.05, 3.63) is 65.3 Å². The number of nitrogens with one attached hydrogen (secondary N) is 2. The second kappa shape index (κ2) is 9.66. The third-order valence-corrected chi connectivity index (χ3v) is 5.47. The molecule has 0 fully saturated rings. The van der Waals surface area contributed by atoms with Gasteiger partial charge < -0.3 is 14.6 Å². The lowest BCUT2D eigenvalue weighted by molar-refractivity contribution is 0.0553. The van der Waals surface area contributed by atoms with Crippen LogP contribution in [0.15, 0.2) is 41.7 Å². The highest BCUT2D eigenvalue weighted by atomic mass is 19.3. The van der Waals surface area contributed by atoms with Gasteiger partial charge in [0.1, 0.15) is 28.7 Å². The normalized spacial score (nSPS) is 16.9. The Morgan fingerprint density at radius 3 is 2.61 bits per heavy atom. The molecule has 38 heavy (non-hydrogen) atoms. The van der Waals surface area contributed by atoms with Crippen molar-refractivity contribution in [2.45, 2.75) is 51.9 Å². The molecule has 1 unspecified atom stereocenters. The van der Waals surface area contributed by atoms with Gasteiger partial charge in [0.05, 0.1) is 12.7 Å². The molecule has 1 aliphatic rings. The third kappa shape index (κ3) is 5.36. The zero-order chi connectivity index (χ0) is 27.8. The number of hydrogen-bond acceptors (Lipinski definition) is 7. The highest BCUT2D eigenvalue weighted by Crippen LogP contribution is 2.35. The molecule has 3 heterocycles. The summed E-state index contributed by atoms with van der Waals surface area (Å²) in [5.41, 5.74) is -2.10. The van der Waals surface area contributed by atoms with Gasteiger partial charge in [-0.3, -0.25) is 15.1 Å². The minimum atomic E-state index is -2.91. The average molecular weight is 528 g/mol. The molecule has 4 rings (SSSR count). The van der Waals surface area contributed by atoms with Crippen LogP contribution in [0.4, 0.5) is 23.7 Å². The fourth-order valence-corrected chi connectivity index (χ4v) is 3.86. The van der Waals surface area contributed by atoms with Crippen LogP contribution in [0, 0.1) is 17.1 Å². The number of alkyl carbamates (subject to hydrolysis) is 1. The number of amides is 2. The van der Waals surface area contributed by atoms with Gasteiger partial charge in [-0.25, -0.2) is 18.9 Å². The Kier molecular flexibility index (Phi) is 6.71. The molecule has 0 spiro atoms. The van der Waals surface area contributed by atoms with E-state index in [1.165, 1.54) is 22.9 Å². The molecule has 2 N–H and O–H groups in total. The first-order chi connectivity index (χ1) is 17.8. The summed E-state index contributed by atoms with van der Waals surface area (Å²) in [7, 11) is 0. The standard InChI is InChI=1S/C24H23F3N8O3/c1-23(2,3)38-22(37)31-18-19-29-11-14(10-28)34(19)12-24(4,32-18)15-9-13(5-6-16(15)25)30-20(36)17-7-8-35(33-17)21(26)27/h5-9,11,21H,12H2,1-4H3,(H,30,36)(H,31,32,37). The second-order valence-electron chi connectivity index (χ2n) is 9.63. The maximum atomic E-state index is 15.2. The van der Waals surface area contributed by atoms with Crippen molar-refractivity contribution < 1.29 is 27.5 Å². The fraction of sp³-hybridized carbons (Fsp3) is 0.333. The van der Waals surface area contributed by atoms with Gasteiger partial charge in [0.15, 0.2) is 17.4 Å². The summed E-state index contributed by atoms with van der Waals surface area (Å²) >= 11 is 0. The van der Waals surface area contributed by atoms with Gasteiger partial charge in [0, 0.05) is 17.4 Å². The van der Waals surface area contributed by atoms with E-state index in [1.807, 2.05) is 6.07 Å². The smallest absolute Gasteiger partial charge is 0.413 e. The SMILES string of the molecule is CC(C)(C)OC(=O)NC1=NC(C)(c2cc(NC(=O)c3ccn(C(F)F)n3)ccc2F)Cn2c(C#N)cnc21. The second-order valence-corrected chi connectivity index (χ2v) is 9.63. The fourth-order valence-electron chi connectivity index (χ4n) is 3.86. The quantitative estimate of drug-likeness (QED) is 0.526. The average Bonchev–Trinajstić information content (AvgIpc) is 3.46. The van der Waals surface area contributed by atoms with E-state index in [-0.39, 0.29) is 40.8 Å². The van der Waals surface area contributed by atoms with Crippen LogP contribution >= 0.6 is 0 Å². The topological polar surface area (TPSA) is 139 Å². The van der Waals surface area contributed by atoms with Gasteiger partial charge in [0.25, 0.3) is 5.91 Å². The number of ether oxygens (including phenoxy) is 1. The van der Waals surface area contributed by atoms with Crippen LogP contribution in [-0.4, -0.2) is 42.8 Å². The van der Waals surface area contributed by atoms with Crippen LogP contribution in [0.5, 0.6) is 0 Å². The van der Waals surface area contributed by atoms with Gasteiger partial charge in [-0.2, -0.15) is 19.1 Å². The summed E-state index contributed by atoms with van der Waals surface area (Å²) in [5, 5.41) is 18.1. The molecule has 1 atom stereocenters. The Morgan fingerprint density at radius 2 is 1.97 bits per heavy atom. The number of benzene rings is 1. The van der Waals surface area contributed by atoms with Crippen molar-refractivity contribution in [3.8, 4) is 6.07 Å².